The predicted octanol–water partition coefficient (Wildman–Crippen LogP) is 7.15. The van der Waals surface area contributed by atoms with Gasteiger partial charge in [0.05, 0.1) is 19.6 Å². The summed E-state index contributed by atoms with van der Waals surface area (Å²) in [6.07, 6.45) is 5.59. The molecule has 0 bridgehead atoms. The van der Waals surface area contributed by atoms with Crippen molar-refractivity contribution in [1.29, 1.82) is 0 Å². The summed E-state index contributed by atoms with van der Waals surface area (Å²) in [5, 5.41) is 0. The van der Waals surface area contributed by atoms with Crippen molar-refractivity contribution in [1.82, 2.24) is 0 Å². The Hall–Kier alpha value is -3.11. The van der Waals surface area contributed by atoms with Crippen LogP contribution in [0.3, 0.4) is 0 Å². The normalized spacial score (nSPS) is 21.3. The predicted molar refractivity (Wildman–Crippen MR) is 145 cm³/mol. The molecule has 0 heterocycles. The number of esters is 1. The lowest BCUT2D eigenvalue weighted by Crippen LogP contribution is -2.34. The van der Waals surface area contributed by atoms with Gasteiger partial charge >= 0.3 is 5.97 Å². The molecule has 4 heteroatoms. The highest BCUT2D eigenvalue weighted by Gasteiger charge is 2.63. The number of carbonyl (C=O) groups excluding carboxylic acids is 1. The van der Waals surface area contributed by atoms with Gasteiger partial charge in [-0.3, -0.25) is 4.79 Å². The Bertz CT molecular complexity index is 1120. The summed E-state index contributed by atoms with van der Waals surface area (Å²) >= 11 is 0. The molecule has 2 fully saturated rings. The molecule has 3 aromatic rings. The minimum atomic E-state index is -0.828. The maximum Gasteiger partial charge on any atom is 0.310 e. The summed E-state index contributed by atoms with van der Waals surface area (Å²) in [4.78, 5) is 13.2. The van der Waals surface area contributed by atoms with Crippen molar-refractivity contribution in [2.75, 3.05) is 13.7 Å². The van der Waals surface area contributed by atoms with Crippen LogP contribution in [0.25, 0.3) is 0 Å². The van der Waals surface area contributed by atoms with Crippen molar-refractivity contribution in [2.24, 2.45) is 17.3 Å². The molecule has 2 atom stereocenters. The molecule has 37 heavy (non-hydrogen) atoms. The molecule has 2 aliphatic rings. The molecule has 5 rings (SSSR count). The van der Waals surface area contributed by atoms with Gasteiger partial charge in [0.25, 0.3) is 0 Å². The van der Waals surface area contributed by atoms with Gasteiger partial charge in [0.15, 0.2) is 0 Å². The smallest absolute Gasteiger partial charge is 0.310 e. The monoisotopic (exact) mass is 498 g/mol. The van der Waals surface area contributed by atoms with Crippen LogP contribution in [0.4, 0.5) is 0 Å². The lowest BCUT2D eigenvalue weighted by molar-refractivity contribution is -0.153. The standard InChI is InChI=1S/C33H38O4/c1-32(2)29(30(32)31(34)37-28-17-11-6-12-18-28)23-36-33(24-13-7-4-8-14-24,25-15-9-5-10-16-25)26-19-21-27(35-3)22-20-26/h4-5,7-10,13-16,19-22,28-30H,6,11-12,17-18,23H2,1-3H3. The Morgan fingerprint density at radius 1 is 0.811 bits per heavy atom. The van der Waals surface area contributed by atoms with Crippen LogP contribution in [0.1, 0.15) is 62.6 Å². The van der Waals surface area contributed by atoms with Gasteiger partial charge in [0.1, 0.15) is 17.5 Å². The largest absolute Gasteiger partial charge is 0.497 e. The first-order valence-corrected chi connectivity index (χ1v) is 13.6. The van der Waals surface area contributed by atoms with Gasteiger partial charge in [-0.25, -0.2) is 0 Å². The Kier molecular flexibility index (Phi) is 7.39. The summed E-state index contributed by atoms with van der Waals surface area (Å²) < 4.78 is 18.5. The Balaban J connectivity index is 1.46. The minimum Gasteiger partial charge on any atom is -0.497 e. The summed E-state index contributed by atoms with van der Waals surface area (Å²) in [5.74, 6) is 0.691. The second-order valence-corrected chi connectivity index (χ2v) is 11.1. The van der Waals surface area contributed by atoms with Crippen molar-refractivity contribution < 1.29 is 19.0 Å². The van der Waals surface area contributed by atoms with E-state index in [2.05, 4.69) is 50.2 Å². The number of ether oxygens (including phenoxy) is 3. The third kappa shape index (κ3) is 5.04. The molecule has 3 aromatic carbocycles. The van der Waals surface area contributed by atoms with Crippen LogP contribution in [-0.4, -0.2) is 25.8 Å². The molecule has 0 saturated heterocycles. The second-order valence-electron chi connectivity index (χ2n) is 11.1. The Labute approximate surface area is 221 Å². The molecule has 2 unspecified atom stereocenters. The van der Waals surface area contributed by atoms with E-state index in [1.165, 1.54) is 6.42 Å². The van der Waals surface area contributed by atoms with Crippen LogP contribution in [0.15, 0.2) is 84.9 Å². The van der Waals surface area contributed by atoms with Gasteiger partial charge < -0.3 is 14.2 Å². The highest BCUT2D eigenvalue weighted by molar-refractivity contribution is 5.77. The van der Waals surface area contributed by atoms with Crippen molar-refractivity contribution >= 4 is 5.97 Å². The van der Waals surface area contributed by atoms with Gasteiger partial charge in [-0.05, 0) is 59.9 Å². The van der Waals surface area contributed by atoms with Crippen molar-refractivity contribution in [3.8, 4) is 5.75 Å². The molecule has 0 aliphatic heterocycles. The van der Waals surface area contributed by atoms with E-state index < -0.39 is 5.60 Å². The fourth-order valence-electron chi connectivity index (χ4n) is 6.08. The van der Waals surface area contributed by atoms with E-state index in [4.69, 9.17) is 14.2 Å². The molecule has 0 aromatic heterocycles. The van der Waals surface area contributed by atoms with Gasteiger partial charge in [-0.1, -0.05) is 93.1 Å². The third-order valence-electron chi connectivity index (χ3n) is 8.48. The molecular weight excluding hydrogens is 460 g/mol. The quantitative estimate of drug-likeness (QED) is 0.232. The average Bonchev–Trinajstić information content (AvgIpc) is 3.51. The second kappa shape index (κ2) is 10.7. The van der Waals surface area contributed by atoms with Crippen LogP contribution in [0.2, 0.25) is 0 Å². The van der Waals surface area contributed by atoms with Gasteiger partial charge in [-0.15, -0.1) is 0 Å². The van der Waals surface area contributed by atoms with Crippen LogP contribution >= 0.6 is 0 Å². The molecule has 4 nitrogen and oxygen atoms in total. The highest BCUT2D eigenvalue weighted by Crippen LogP contribution is 2.60. The number of rotatable bonds is 9. The van der Waals surface area contributed by atoms with E-state index in [0.29, 0.717) is 6.61 Å². The molecule has 194 valence electrons. The van der Waals surface area contributed by atoms with Gasteiger partial charge in [-0.2, -0.15) is 0 Å². The van der Waals surface area contributed by atoms with E-state index in [0.717, 1.165) is 48.1 Å². The van der Waals surface area contributed by atoms with E-state index >= 15 is 0 Å². The fraction of sp³-hybridized carbons (Fsp3) is 0.424. The molecule has 0 amide bonds. The lowest BCUT2D eigenvalue weighted by Gasteiger charge is -2.36. The minimum absolute atomic E-state index is 0.0556. The molecule has 0 radical (unpaired) electrons. The topological polar surface area (TPSA) is 44.8 Å². The first-order valence-electron chi connectivity index (χ1n) is 13.6. The summed E-state index contributed by atoms with van der Waals surface area (Å²) in [6, 6.07) is 28.8. The lowest BCUT2D eigenvalue weighted by atomic mass is 9.80. The summed E-state index contributed by atoms with van der Waals surface area (Å²) in [7, 11) is 1.68. The summed E-state index contributed by atoms with van der Waals surface area (Å²) in [5.41, 5.74) is 2.12. The number of carbonyl (C=O) groups is 1. The zero-order valence-corrected chi connectivity index (χ0v) is 22.2. The van der Waals surface area contributed by atoms with Gasteiger partial charge in [0.2, 0.25) is 0 Å². The Morgan fingerprint density at radius 2 is 1.35 bits per heavy atom. The maximum absolute atomic E-state index is 13.2. The van der Waals surface area contributed by atoms with Crippen molar-refractivity contribution in [3.63, 3.8) is 0 Å². The van der Waals surface area contributed by atoms with Crippen LogP contribution in [0, 0.1) is 17.3 Å². The SMILES string of the molecule is COc1ccc(C(OCC2C(C(=O)OC3CCCCC3)C2(C)C)(c2ccccc2)c2ccccc2)cc1. The van der Waals surface area contributed by atoms with Crippen molar-refractivity contribution in [3.05, 3.63) is 102 Å². The zero-order valence-electron chi connectivity index (χ0n) is 22.2. The van der Waals surface area contributed by atoms with Crippen LogP contribution in [-0.2, 0) is 19.9 Å². The van der Waals surface area contributed by atoms with E-state index in [9.17, 15) is 4.79 Å². The third-order valence-corrected chi connectivity index (χ3v) is 8.48. The van der Waals surface area contributed by atoms with E-state index in [1.807, 2.05) is 48.5 Å². The Morgan fingerprint density at radius 3 is 1.89 bits per heavy atom. The molecule has 2 aliphatic carbocycles. The average molecular weight is 499 g/mol. The summed E-state index contributed by atoms with van der Waals surface area (Å²) in [6.45, 7) is 4.77. The maximum atomic E-state index is 13.2. The van der Waals surface area contributed by atoms with Gasteiger partial charge in [0, 0.05) is 5.92 Å². The first-order chi connectivity index (χ1) is 18.0. The number of methoxy groups -OCH3 is 1. The number of hydrogen-bond donors (Lipinski definition) is 0. The first kappa shape index (κ1) is 25.5. The highest BCUT2D eigenvalue weighted by atomic mass is 16.5. The molecule has 2 saturated carbocycles. The van der Waals surface area contributed by atoms with E-state index in [-0.39, 0.29) is 29.3 Å². The van der Waals surface area contributed by atoms with Crippen molar-refractivity contribution in [2.45, 2.75) is 57.7 Å². The molecule has 0 spiro atoms. The molecule has 0 N–H and O–H groups in total. The number of benzene rings is 3. The zero-order chi connectivity index (χ0) is 25.9. The van der Waals surface area contributed by atoms with Crippen LogP contribution < -0.4 is 4.74 Å². The number of hydrogen-bond acceptors (Lipinski definition) is 4. The fourth-order valence-corrected chi connectivity index (χ4v) is 6.08. The van der Waals surface area contributed by atoms with E-state index in [1.54, 1.807) is 7.11 Å². The molecular formula is C33H38O4. The van der Waals surface area contributed by atoms with Crippen LogP contribution in [0.5, 0.6) is 5.75 Å².